The first-order valence-electron chi connectivity index (χ1n) is 2.88. The van der Waals surface area contributed by atoms with E-state index in [9.17, 15) is 9.59 Å². The largest absolute Gasteiger partial charge is 0.456 e. The lowest BCUT2D eigenvalue weighted by Crippen LogP contribution is -2.21. The Bertz CT molecular complexity index is 139. The van der Waals surface area contributed by atoms with Gasteiger partial charge in [0.2, 0.25) is 0 Å². The van der Waals surface area contributed by atoms with Gasteiger partial charge < -0.3 is 9.84 Å². The molecule has 4 nitrogen and oxygen atoms in total. The maximum absolute atomic E-state index is 10.4. The SMILES string of the molecule is CC(=O)COC(=O)C(C)O. The lowest BCUT2D eigenvalue weighted by molar-refractivity contribution is -0.155. The van der Waals surface area contributed by atoms with E-state index in [1.54, 1.807) is 0 Å². The number of carbonyl (C=O) groups is 2. The summed E-state index contributed by atoms with van der Waals surface area (Å²) in [5.74, 6) is -1.01. The van der Waals surface area contributed by atoms with Crippen LogP contribution in [0, 0.1) is 0 Å². The van der Waals surface area contributed by atoms with Crippen molar-refractivity contribution in [2.24, 2.45) is 0 Å². The predicted molar refractivity (Wildman–Crippen MR) is 33.3 cm³/mol. The molecule has 0 aliphatic carbocycles. The monoisotopic (exact) mass is 146 g/mol. The summed E-state index contributed by atoms with van der Waals surface area (Å²) in [6.07, 6.45) is -1.15. The lowest BCUT2D eigenvalue weighted by Gasteiger charge is -2.02. The molecule has 0 rings (SSSR count). The van der Waals surface area contributed by atoms with E-state index in [1.807, 2.05) is 0 Å². The maximum Gasteiger partial charge on any atom is 0.335 e. The minimum atomic E-state index is -1.15. The van der Waals surface area contributed by atoms with Crippen LogP contribution in [0.1, 0.15) is 13.8 Å². The number of Topliss-reactive ketones (excluding diaryl/α,β-unsaturated/α-hetero) is 1. The van der Waals surface area contributed by atoms with Gasteiger partial charge in [-0.25, -0.2) is 4.79 Å². The van der Waals surface area contributed by atoms with Crippen molar-refractivity contribution in [2.75, 3.05) is 6.61 Å². The van der Waals surface area contributed by atoms with Gasteiger partial charge in [0.1, 0.15) is 12.7 Å². The molecule has 0 amide bonds. The molecule has 1 N–H and O–H groups in total. The fraction of sp³-hybridized carbons (Fsp3) is 0.667. The molecule has 1 unspecified atom stereocenters. The minimum Gasteiger partial charge on any atom is -0.456 e. The molecular weight excluding hydrogens is 136 g/mol. The molecule has 58 valence electrons. The quantitative estimate of drug-likeness (QED) is 0.545. The molecule has 1 atom stereocenters. The van der Waals surface area contributed by atoms with Crippen molar-refractivity contribution < 1.29 is 19.4 Å². The summed E-state index contributed by atoms with van der Waals surface area (Å²) in [7, 11) is 0. The number of hydrogen-bond acceptors (Lipinski definition) is 4. The number of hydrogen-bond donors (Lipinski definition) is 1. The maximum atomic E-state index is 10.4. The van der Waals surface area contributed by atoms with Gasteiger partial charge in [-0.1, -0.05) is 0 Å². The number of carbonyl (C=O) groups excluding carboxylic acids is 2. The van der Waals surface area contributed by atoms with E-state index in [-0.39, 0.29) is 12.4 Å². The zero-order valence-corrected chi connectivity index (χ0v) is 5.96. The van der Waals surface area contributed by atoms with E-state index in [0.717, 1.165) is 0 Å². The third-order valence-electron chi connectivity index (χ3n) is 0.759. The van der Waals surface area contributed by atoms with Crippen molar-refractivity contribution in [3.63, 3.8) is 0 Å². The fourth-order valence-electron chi connectivity index (χ4n) is 0.293. The van der Waals surface area contributed by atoms with Gasteiger partial charge in [-0.15, -0.1) is 0 Å². The molecule has 10 heavy (non-hydrogen) atoms. The van der Waals surface area contributed by atoms with Gasteiger partial charge in [0.25, 0.3) is 0 Å². The van der Waals surface area contributed by atoms with Gasteiger partial charge in [-0.05, 0) is 13.8 Å². The van der Waals surface area contributed by atoms with Crippen LogP contribution in [-0.2, 0) is 14.3 Å². The molecular formula is C6H10O4. The van der Waals surface area contributed by atoms with Crippen LogP contribution < -0.4 is 0 Å². The Morgan fingerprint density at radius 1 is 1.60 bits per heavy atom. The Kier molecular flexibility index (Phi) is 3.64. The molecule has 0 bridgehead atoms. The number of aliphatic hydroxyl groups is 1. The van der Waals surface area contributed by atoms with E-state index in [0.29, 0.717) is 0 Å². The molecule has 0 aliphatic rings. The molecule has 0 aromatic rings. The number of ketones is 1. The van der Waals surface area contributed by atoms with E-state index < -0.39 is 12.1 Å². The van der Waals surface area contributed by atoms with Gasteiger partial charge >= 0.3 is 5.97 Å². The van der Waals surface area contributed by atoms with Gasteiger partial charge in [0.05, 0.1) is 0 Å². The Hall–Kier alpha value is -0.900. The summed E-state index contributed by atoms with van der Waals surface area (Å²) in [5.41, 5.74) is 0. The highest BCUT2D eigenvalue weighted by molar-refractivity contribution is 5.81. The van der Waals surface area contributed by atoms with Crippen LogP contribution in [0.15, 0.2) is 0 Å². The first-order chi connectivity index (χ1) is 4.54. The first kappa shape index (κ1) is 9.10. The molecule has 0 radical (unpaired) electrons. The Morgan fingerprint density at radius 3 is 2.40 bits per heavy atom. The van der Waals surface area contributed by atoms with Crippen LogP contribution >= 0.6 is 0 Å². The molecule has 0 saturated carbocycles. The highest BCUT2D eigenvalue weighted by Gasteiger charge is 2.09. The van der Waals surface area contributed by atoms with Crippen LogP contribution in [-0.4, -0.2) is 29.6 Å². The summed E-state index contributed by atoms with van der Waals surface area (Å²) in [4.78, 5) is 20.6. The third-order valence-corrected chi connectivity index (χ3v) is 0.759. The zero-order chi connectivity index (χ0) is 8.15. The summed E-state index contributed by atoms with van der Waals surface area (Å²) in [6.45, 7) is 2.32. The molecule has 0 spiro atoms. The fourth-order valence-corrected chi connectivity index (χ4v) is 0.293. The molecule has 0 aromatic heterocycles. The number of ether oxygens (including phenoxy) is 1. The standard InChI is InChI=1S/C6H10O4/c1-4(7)3-10-6(9)5(2)8/h5,8H,3H2,1-2H3. The second-order valence-corrected chi connectivity index (χ2v) is 1.99. The number of aliphatic hydroxyl groups excluding tert-OH is 1. The third kappa shape index (κ3) is 4.03. The highest BCUT2D eigenvalue weighted by Crippen LogP contribution is 1.86. The van der Waals surface area contributed by atoms with E-state index in [4.69, 9.17) is 5.11 Å². The van der Waals surface area contributed by atoms with Gasteiger partial charge in [0.15, 0.2) is 5.78 Å². The molecule has 0 fully saturated rings. The van der Waals surface area contributed by atoms with Crippen LogP contribution in [0.3, 0.4) is 0 Å². The van der Waals surface area contributed by atoms with Crippen LogP contribution in [0.4, 0.5) is 0 Å². The molecule has 0 aliphatic heterocycles. The van der Waals surface area contributed by atoms with E-state index in [1.165, 1.54) is 13.8 Å². The van der Waals surface area contributed by atoms with Crippen molar-refractivity contribution in [1.82, 2.24) is 0 Å². The molecule has 0 saturated heterocycles. The smallest absolute Gasteiger partial charge is 0.335 e. The predicted octanol–water partition coefficient (Wildman–Crippen LogP) is -0.501. The molecule has 0 aromatic carbocycles. The van der Waals surface area contributed by atoms with E-state index >= 15 is 0 Å². The van der Waals surface area contributed by atoms with Crippen molar-refractivity contribution in [3.8, 4) is 0 Å². The van der Waals surface area contributed by atoms with Crippen molar-refractivity contribution >= 4 is 11.8 Å². The first-order valence-corrected chi connectivity index (χ1v) is 2.88. The number of esters is 1. The van der Waals surface area contributed by atoms with Crippen molar-refractivity contribution in [2.45, 2.75) is 20.0 Å². The van der Waals surface area contributed by atoms with Gasteiger partial charge in [-0.2, -0.15) is 0 Å². The highest BCUT2D eigenvalue weighted by atomic mass is 16.5. The Labute approximate surface area is 58.8 Å². The number of rotatable bonds is 3. The van der Waals surface area contributed by atoms with Crippen LogP contribution in [0.2, 0.25) is 0 Å². The normalized spacial score (nSPS) is 12.3. The van der Waals surface area contributed by atoms with Crippen molar-refractivity contribution in [1.29, 1.82) is 0 Å². The topological polar surface area (TPSA) is 63.6 Å². The molecule has 0 heterocycles. The van der Waals surface area contributed by atoms with Gasteiger partial charge in [-0.3, -0.25) is 4.79 Å². The minimum absolute atomic E-state index is 0.242. The molecule has 4 heteroatoms. The second kappa shape index (κ2) is 4.00. The van der Waals surface area contributed by atoms with Crippen LogP contribution in [0.5, 0.6) is 0 Å². The summed E-state index contributed by atoms with van der Waals surface area (Å²) in [6, 6.07) is 0. The second-order valence-electron chi connectivity index (χ2n) is 1.99. The Morgan fingerprint density at radius 2 is 2.10 bits per heavy atom. The summed E-state index contributed by atoms with van der Waals surface area (Å²) in [5, 5.41) is 8.55. The Balaban J connectivity index is 3.50. The summed E-state index contributed by atoms with van der Waals surface area (Å²) >= 11 is 0. The van der Waals surface area contributed by atoms with Gasteiger partial charge in [0, 0.05) is 0 Å². The zero-order valence-electron chi connectivity index (χ0n) is 5.96. The lowest BCUT2D eigenvalue weighted by atomic mass is 10.4. The average molecular weight is 146 g/mol. The summed E-state index contributed by atoms with van der Waals surface area (Å²) < 4.78 is 4.33. The van der Waals surface area contributed by atoms with E-state index in [2.05, 4.69) is 4.74 Å². The van der Waals surface area contributed by atoms with Crippen LogP contribution in [0.25, 0.3) is 0 Å². The van der Waals surface area contributed by atoms with Crippen molar-refractivity contribution in [3.05, 3.63) is 0 Å². The average Bonchev–Trinajstić information content (AvgIpc) is 1.82.